The second-order valence-electron chi connectivity index (χ2n) is 5.21. The summed E-state index contributed by atoms with van der Waals surface area (Å²) < 4.78 is 5.60. The molecular formula is C14H30N2O. The fourth-order valence-corrected chi connectivity index (χ4v) is 2.53. The van der Waals surface area contributed by atoms with Crippen molar-refractivity contribution in [3.63, 3.8) is 0 Å². The van der Waals surface area contributed by atoms with Crippen LogP contribution < -0.4 is 5.32 Å². The third-order valence-electron chi connectivity index (χ3n) is 3.80. The van der Waals surface area contributed by atoms with Gasteiger partial charge in [-0.3, -0.25) is 0 Å². The maximum absolute atomic E-state index is 5.60. The van der Waals surface area contributed by atoms with Gasteiger partial charge in [-0.05, 0) is 46.2 Å². The Balaban J connectivity index is 2.03. The minimum absolute atomic E-state index is 0.719. The Kier molecular flexibility index (Phi) is 7.82. The predicted octanol–water partition coefficient (Wildman–Crippen LogP) is 2.27. The van der Waals surface area contributed by atoms with Crippen LogP contribution >= 0.6 is 0 Å². The molecule has 0 aliphatic carbocycles. The fraction of sp³-hybridized carbons (Fsp3) is 1.00. The van der Waals surface area contributed by atoms with Crippen LogP contribution in [0.25, 0.3) is 0 Å². The molecule has 0 spiro atoms. The molecule has 1 rings (SSSR count). The van der Waals surface area contributed by atoms with Gasteiger partial charge in [0.2, 0.25) is 0 Å². The van der Waals surface area contributed by atoms with Crippen molar-refractivity contribution in [3.05, 3.63) is 0 Å². The van der Waals surface area contributed by atoms with E-state index in [9.17, 15) is 0 Å². The summed E-state index contributed by atoms with van der Waals surface area (Å²) in [5.74, 6) is 0. The summed E-state index contributed by atoms with van der Waals surface area (Å²) >= 11 is 0. The molecule has 0 aromatic rings. The number of hydrogen-bond donors (Lipinski definition) is 1. The van der Waals surface area contributed by atoms with Gasteiger partial charge in [-0.2, -0.15) is 0 Å². The van der Waals surface area contributed by atoms with Crippen molar-refractivity contribution in [1.29, 1.82) is 0 Å². The van der Waals surface area contributed by atoms with Crippen molar-refractivity contribution < 1.29 is 4.74 Å². The number of rotatable bonds is 8. The Bertz CT molecular complexity index is 187. The molecule has 2 unspecified atom stereocenters. The van der Waals surface area contributed by atoms with Crippen molar-refractivity contribution >= 4 is 0 Å². The molecule has 0 aromatic carbocycles. The van der Waals surface area contributed by atoms with Crippen molar-refractivity contribution in [1.82, 2.24) is 10.2 Å². The summed E-state index contributed by atoms with van der Waals surface area (Å²) in [5.41, 5.74) is 0. The molecule has 0 bridgehead atoms. The minimum atomic E-state index is 0.719. The molecule has 1 aliphatic rings. The molecule has 3 nitrogen and oxygen atoms in total. The summed E-state index contributed by atoms with van der Waals surface area (Å²) in [4.78, 5) is 2.61. The van der Waals surface area contributed by atoms with E-state index in [0.717, 1.165) is 25.3 Å². The largest absolute Gasteiger partial charge is 0.381 e. The van der Waals surface area contributed by atoms with Gasteiger partial charge >= 0.3 is 0 Å². The van der Waals surface area contributed by atoms with Crippen molar-refractivity contribution in [2.75, 3.05) is 33.4 Å². The first-order chi connectivity index (χ1) is 8.27. The summed E-state index contributed by atoms with van der Waals surface area (Å²) in [6.07, 6.45) is 6.18. The highest BCUT2D eigenvalue weighted by Crippen LogP contribution is 2.17. The van der Waals surface area contributed by atoms with Crippen LogP contribution in [0.3, 0.4) is 0 Å². The van der Waals surface area contributed by atoms with Crippen LogP contribution in [-0.4, -0.2) is 50.3 Å². The molecule has 2 atom stereocenters. The van der Waals surface area contributed by atoms with Crippen molar-refractivity contribution in [2.24, 2.45) is 0 Å². The van der Waals surface area contributed by atoms with Crippen LogP contribution in [0.15, 0.2) is 0 Å². The molecule has 0 aromatic heterocycles. The maximum Gasteiger partial charge on any atom is 0.0478 e. The van der Waals surface area contributed by atoms with Gasteiger partial charge in [0, 0.05) is 31.8 Å². The zero-order valence-electron chi connectivity index (χ0n) is 11.9. The van der Waals surface area contributed by atoms with E-state index in [0.29, 0.717) is 0 Å². The smallest absolute Gasteiger partial charge is 0.0478 e. The third-order valence-corrected chi connectivity index (χ3v) is 3.80. The van der Waals surface area contributed by atoms with Crippen molar-refractivity contribution in [2.45, 2.75) is 58.0 Å². The number of ether oxygens (including phenoxy) is 1. The van der Waals surface area contributed by atoms with Gasteiger partial charge in [-0.15, -0.1) is 0 Å². The Labute approximate surface area is 107 Å². The average Bonchev–Trinajstić information content (AvgIpc) is 2.35. The van der Waals surface area contributed by atoms with Crippen LogP contribution in [-0.2, 0) is 4.74 Å². The first-order valence-electron chi connectivity index (χ1n) is 7.27. The van der Waals surface area contributed by atoms with Crippen LogP contribution in [0.1, 0.15) is 46.0 Å². The quantitative estimate of drug-likeness (QED) is 0.661. The Morgan fingerprint density at radius 2 is 2.06 bits per heavy atom. The van der Waals surface area contributed by atoms with Crippen LogP contribution in [0.5, 0.6) is 0 Å². The molecule has 3 heteroatoms. The summed E-state index contributed by atoms with van der Waals surface area (Å²) in [7, 11) is 2.08. The normalized spacial score (nSPS) is 26.3. The first-order valence-corrected chi connectivity index (χ1v) is 7.27. The maximum atomic E-state index is 5.60. The number of unbranched alkanes of at least 4 members (excludes halogenated alkanes) is 1. The molecule has 1 saturated heterocycles. The Morgan fingerprint density at radius 3 is 2.71 bits per heavy atom. The third kappa shape index (κ3) is 5.84. The molecule has 0 saturated carbocycles. The van der Waals surface area contributed by atoms with Crippen molar-refractivity contribution in [3.8, 4) is 0 Å². The van der Waals surface area contributed by atoms with Gasteiger partial charge in [0.05, 0.1) is 0 Å². The number of nitrogens with one attached hydrogen (secondary N) is 1. The highest BCUT2D eigenvalue weighted by Gasteiger charge is 2.23. The molecule has 17 heavy (non-hydrogen) atoms. The topological polar surface area (TPSA) is 24.5 Å². The van der Waals surface area contributed by atoms with E-state index in [1.807, 2.05) is 0 Å². The van der Waals surface area contributed by atoms with Gasteiger partial charge in [0.25, 0.3) is 0 Å². The number of nitrogens with zero attached hydrogens (tertiary/aromatic N) is 1. The summed E-state index contributed by atoms with van der Waals surface area (Å²) in [6, 6.07) is 1.44. The molecule has 1 N–H and O–H groups in total. The average molecular weight is 242 g/mol. The van der Waals surface area contributed by atoms with E-state index in [1.54, 1.807) is 0 Å². The minimum Gasteiger partial charge on any atom is -0.381 e. The lowest BCUT2D eigenvalue weighted by Crippen LogP contribution is -2.46. The molecular weight excluding hydrogens is 212 g/mol. The molecule has 0 amide bonds. The molecule has 102 valence electrons. The van der Waals surface area contributed by atoms with Crippen LogP contribution in [0.4, 0.5) is 0 Å². The highest BCUT2D eigenvalue weighted by atomic mass is 16.5. The molecule has 1 aliphatic heterocycles. The van der Waals surface area contributed by atoms with E-state index in [2.05, 4.69) is 31.1 Å². The number of piperidine rings is 1. The van der Waals surface area contributed by atoms with Gasteiger partial charge in [-0.25, -0.2) is 0 Å². The Morgan fingerprint density at radius 1 is 1.29 bits per heavy atom. The lowest BCUT2D eigenvalue weighted by molar-refractivity contribution is 0.0952. The standard InChI is InChI=1S/C14H30N2O/c1-4-5-10-17-11-6-8-16-9-7-14(15-3)12-13(16)2/h13-15H,4-12H2,1-3H3. The Hall–Kier alpha value is -0.120. The zero-order chi connectivity index (χ0) is 12.5. The van der Waals surface area contributed by atoms with E-state index in [-0.39, 0.29) is 0 Å². The van der Waals surface area contributed by atoms with Gasteiger partial charge in [0.1, 0.15) is 0 Å². The van der Waals surface area contributed by atoms with Crippen LogP contribution in [0, 0.1) is 0 Å². The number of likely N-dealkylation sites (tertiary alicyclic amines) is 1. The SMILES string of the molecule is CCCCOCCCN1CCC(NC)CC1C. The first kappa shape index (κ1) is 14.9. The second-order valence-corrected chi connectivity index (χ2v) is 5.21. The number of hydrogen-bond acceptors (Lipinski definition) is 3. The van der Waals surface area contributed by atoms with E-state index in [1.165, 1.54) is 45.2 Å². The highest BCUT2D eigenvalue weighted by molar-refractivity contribution is 4.81. The fourth-order valence-electron chi connectivity index (χ4n) is 2.53. The zero-order valence-corrected chi connectivity index (χ0v) is 11.9. The second kappa shape index (κ2) is 8.90. The molecule has 1 heterocycles. The lowest BCUT2D eigenvalue weighted by Gasteiger charge is -2.37. The monoisotopic (exact) mass is 242 g/mol. The van der Waals surface area contributed by atoms with Gasteiger partial charge in [0.15, 0.2) is 0 Å². The predicted molar refractivity (Wildman–Crippen MR) is 73.5 cm³/mol. The van der Waals surface area contributed by atoms with Gasteiger partial charge in [-0.1, -0.05) is 13.3 Å². The van der Waals surface area contributed by atoms with E-state index >= 15 is 0 Å². The van der Waals surface area contributed by atoms with E-state index in [4.69, 9.17) is 4.74 Å². The van der Waals surface area contributed by atoms with Gasteiger partial charge < -0.3 is 15.0 Å². The van der Waals surface area contributed by atoms with Crippen LogP contribution in [0.2, 0.25) is 0 Å². The summed E-state index contributed by atoms with van der Waals surface area (Å²) in [5, 5.41) is 3.39. The van der Waals surface area contributed by atoms with E-state index < -0.39 is 0 Å². The lowest BCUT2D eigenvalue weighted by atomic mass is 9.98. The molecule has 1 fully saturated rings. The summed E-state index contributed by atoms with van der Waals surface area (Å²) in [6.45, 7) is 8.86. The molecule has 0 radical (unpaired) electrons.